The summed E-state index contributed by atoms with van der Waals surface area (Å²) in [4.78, 5) is 0. The van der Waals surface area contributed by atoms with E-state index in [1.165, 1.54) is 12.8 Å². The van der Waals surface area contributed by atoms with Crippen molar-refractivity contribution >= 4 is 0 Å². The van der Waals surface area contributed by atoms with Gasteiger partial charge in [-0.05, 0) is 25.2 Å². The van der Waals surface area contributed by atoms with Gasteiger partial charge in [0.05, 0.1) is 13.2 Å². The summed E-state index contributed by atoms with van der Waals surface area (Å²) in [6, 6.07) is 0. The minimum atomic E-state index is -0.223. The Hall–Kier alpha value is -0.340. The minimum absolute atomic E-state index is 0.223. The van der Waals surface area contributed by atoms with Crippen LogP contribution < -0.4 is 0 Å². The Bertz CT molecular complexity index is 241. The molecular formula is C14H24O2. The third kappa shape index (κ3) is 2.18. The highest BCUT2D eigenvalue weighted by Gasteiger charge is 2.51. The first-order valence-corrected chi connectivity index (χ1v) is 6.75. The second kappa shape index (κ2) is 5.33. The van der Waals surface area contributed by atoms with E-state index in [1.54, 1.807) is 0 Å². The fourth-order valence-corrected chi connectivity index (χ4v) is 3.23. The summed E-state index contributed by atoms with van der Waals surface area (Å²) in [5.41, 5.74) is 0. The Morgan fingerprint density at radius 2 is 1.94 bits per heavy atom. The van der Waals surface area contributed by atoms with Gasteiger partial charge in [-0.2, -0.15) is 0 Å². The van der Waals surface area contributed by atoms with Crippen LogP contribution in [-0.2, 0) is 9.47 Å². The number of rotatable bonds is 4. The maximum Gasteiger partial charge on any atom is 0.171 e. The molecule has 2 aliphatic rings. The summed E-state index contributed by atoms with van der Waals surface area (Å²) in [7, 11) is 0. The highest BCUT2D eigenvalue weighted by atomic mass is 16.7. The second-order valence-electron chi connectivity index (χ2n) is 4.94. The first kappa shape index (κ1) is 12.1. The molecule has 0 N–H and O–H groups in total. The third-order valence-electron chi connectivity index (χ3n) is 4.09. The Kier molecular flexibility index (Phi) is 4.04. The molecule has 92 valence electrons. The summed E-state index contributed by atoms with van der Waals surface area (Å²) in [6.07, 6.45) is 10.4. The molecular weight excluding hydrogens is 200 g/mol. The molecule has 0 bridgehead atoms. The molecule has 1 aliphatic carbocycles. The van der Waals surface area contributed by atoms with Crippen LogP contribution in [0.3, 0.4) is 0 Å². The van der Waals surface area contributed by atoms with Gasteiger partial charge in [0.1, 0.15) is 0 Å². The van der Waals surface area contributed by atoms with Gasteiger partial charge in [-0.1, -0.05) is 32.4 Å². The lowest BCUT2D eigenvalue weighted by molar-refractivity contribution is -0.185. The van der Waals surface area contributed by atoms with E-state index >= 15 is 0 Å². The van der Waals surface area contributed by atoms with Gasteiger partial charge in [0, 0.05) is 12.3 Å². The molecule has 16 heavy (non-hydrogen) atoms. The van der Waals surface area contributed by atoms with Gasteiger partial charge in [0.25, 0.3) is 0 Å². The van der Waals surface area contributed by atoms with Crippen LogP contribution in [0.1, 0.15) is 46.0 Å². The maximum atomic E-state index is 5.92. The molecule has 2 rings (SSSR count). The molecule has 0 unspecified atom stereocenters. The second-order valence-corrected chi connectivity index (χ2v) is 4.94. The zero-order chi connectivity index (χ0) is 11.4. The first-order valence-electron chi connectivity index (χ1n) is 6.75. The van der Waals surface area contributed by atoms with Gasteiger partial charge >= 0.3 is 0 Å². The summed E-state index contributed by atoms with van der Waals surface area (Å²) in [5, 5.41) is 0. The van der Waals surface area contributed by atoms with Crippen molar-refractivity contribution in [2.75, 3.05) is 13.2 Å². The summed E-state index contributed by atoms with van der Waals surface area (Å²) in [6.45, 7) is 6.03. The van der Waals surface area contributed by atoms with E-state index in [-0.39, 0.29) is 5.79 Å². The molecule has 1 saturated carbocycles. The van der Waals surface area contributed by atoms with Crippen LogP contribution in [0.15, 0.2) is 12.2 Å². The van der Waals surface area contributed by atoms with Gasteiger partial charge in [0.15, 0.2) is 5.79 Å². The molecule has 2 atom stereocenters. The molecule has 1 spiro atoms. The smallest absolute Gasteiger partial charge is 0.171 e. The van der Waals surface area contributed by atoms with Crippen molar-refractivity contribution < 1.29 is 9.47 Å². The maximum absolute atomic E-state index is 5.92. The van der Waals surface area contributed by atoms with Crippen LogP contribution >= 0.6 is 0 Å². The van der Waals surface area contributed by atoms with E-state index in [1.807, 2.05) is 0 Å². The minimum Gasteiger partial charge on any atom is -0.347 e. The van der Waals surface area contributed by atoms with Crippen molar-refractivity contribution in [1.29, 1.82) is 0 Å². The Morgan fingerprint density at radius 3 is 2.56 bits per heavy atom. The van der Waals surface area contributed by atoms with E-state index < -0.39 is 0 Å². The Labute approximate surface area is 99.0 Å². The highest BCUT2D eigenvalue weighted by Crippen LogP contribution is 2.48. The topological polar surface area (TPSA) is 18.5 Å². The zero-order valence-corrected chi connectivity index (χ0v) is 10.6. The molecule has 0 radical (unpaired) electrons. The van der Waals surface area contributed by atoms with E-state index in [4.69, 9.17) is 9.47 Å². The predicted molar refractivity (Wildman–Crippen MR) is 65.2 cm³/mol. The monoisotopic (exact) mass is 224 g/mol. The van der Waals surface area contributed by atoms with E-state index in [9.17, 15) is 0 Å². The number of ether oxygens (including phenoxy) is 2. The molecule has 0 aromatic heterocycles. The fourth-order valence-electron chi connectivity index (χ4n) is 3.23. The molecule has 1 heterocycles. The number of hydrogen-bond acceptors (Lipinski definition) is 2. The molecule has 1 saturated heterocycles. The van der Waals surface area contributed by atoms with Crippen molar-refractivity contribution in [3.8, 4) is 0 Å². The molecule has 2 fully saturated rings. The van der Waals surface area contributed by atoms with Gasteiger partial charge in [-0.25, -0.2) is 0 Å². The largest absolute Gasteiger partial charge is 0.347 e. The van der Waals surface area contributed by atoms with Gasteiger partial charge in [-0.15, -0.1) is 0 Å². The van der Waals surface area contributed by atoms with Crippen molar-refractivity contribution in [2.45, 2.75) is 51.7 Å². The lowest BCUT2D eigenvalue weighted by Gasteiger charge is -2.31. The highest BCUT2D eigenvalue weighted by molar-refractivity contribution is 4.98. The SMILES string of the molecule is CC/C=C\C[C@@H]1[C@@H](CC)CCC12OCCO2. The first-order chi connectivity index (χ1) is 7.82. The van der Waals surface area contributed by atoms with Gasteiger partial charge < -0.3 is 9.47 Å². The third-order valence-corrected chi connectivity index (χ3v) is 4.09. The van der Waals surface area contributed by atoms with Crippen LogP contribution in [0, 0.1) is 11.8 Å². The lowest BCUT2D eigenvalue weighted by atomic mass is 9.87. The quantitative estimate of drug-likeness (QED) is 0.680. The van der Waals surface area contributed by atoms with E-state index in [2.05, 4.69) is 26.0 Å². The normalized spacial score (nSPS) is 33.1. The summed E-state index contributed by atoms with van der Waals surface area (Å²) < 4.78 is 11.8. The van der Waals surface area contributed by atoms with Crippen LogP contribution in [0.25, 0.3) is 0 Å². The molecule has 0 amide bonds. The molecule has 0 aromatic carbocycles. The number of allylic oxidation sites excluding steroid dienone is 2. The van der Waals surface area contributed by atoms with Crippen molar-refractivity contribution in [2.24, 2.45) is 11.8 Å². The zero-order valence-electron chi connectivity index (χ0n) is 10.6. The lowest BCUT2D eigenvalue weighted by Crippen LogP contribution is -2.36. The van der Waals surface area contributed by atoms with Crippen molar-refractivity contribution in [3.63, 3.8) is 0 Å². The Balaban J connectivity index is 2.04. The predicted octanol–water partition coefficient (Wildman–Crippen LogP) is 3.52. The van der Waals surface area contributed by atoms with Crippen LogP contribution in [0.5, 0.6) is 0 Å². The van der Waals surface area contributed by atoms with Crippen LogP contribution in [-0.4, -0.2) is 19.0 Å². The average molecular weight is 224 g/mol. The molecule has 0 aromatic rings. The fraction of sp³-hybridized carbons (Fsp3) is 0.857. The van der Waals surface area contributed by atoms with E-state index in [0.29, 0.717) is 5.92 Å². The average Bonchev–Trinajstić information content (AvgIpc) is 2.89. The van der Waals surface area contributed by atoms with Crippen molar-refractivity contribution in [3.05, 3.63) is 12.2 Å². The molecule has 1 aliphatic heterocycles. The Morgan fingerprint density at radius 1 is 1.19 bits per heavy atom. The standard InChI is InChI=1S/C14H24O2/c1-3-5-6-7-13-12(4-2)8-9-14(13)15-10-11-16-14/h5-6,12-13H,3-4,7-11H2,1-2H3/b6-5-/t12-,13+/m0/s1. The van der Waals surface area contributed by atoms with E-state index in [0.717, 1.165) is 38.4 Å². The summed E-state index contributed by atoms with van der Waals surface area (Å²) >= 11 is 0. The van der Waals surface area contributed by atoms with Gasteiger partial charge in [-0.3, -0.25) is 0 Å². The van der Waals surface area contributed by atoms with Gasteiger partial charge in [0.2, 0.25) is 0 Å². The van der Waals surface area contributed by atoms with Crippen LogP contribution in [0.4, 0.5) is 0 Å². The number of hydrogen-bond donors (Lipinski definition) is 0. The van der Waals surface area contributed by atoms with Crippen LogP contribution in [0.2, 0.25) is 0 Å². The summed E-state index contributed by atoms with van der Waals surface area (Å²) in [5.74, 6) is 1.13. The van der Waals surface area contributed by atoms with Crippen molar-refractivity contribution in [1.82, 2.24) is 0 Å². The molecule has 2 nitrogen and oxygen atoms in total. The molecule has 2 heteroatoms.